The summed E-state index contributed by atoms with van der Waals surface area (Å²) in [5, 5.41) is 10.6. The van der Waals surface area contributed by atoms with Crippen LogP contribution in [0.1, 0.15) is 349 Å². The minimum absolute atomic E-state index is 0.0860. The molecule has 2 unspecified atom stereocenters. The summed E-state index contributed by atoms with van der Waals surface area (Å²) in [4.78, 5) is 72.7. The van der Waals surface area contributed by atoms with Crippen molar-refractivity contribution in [2.45, 2.75) is 367 Å². The van der Waals surface area contributed by atoms with Crippen LogP contribution in [-0.4, -0.2) is 96.7 Å². The molecule has 0 aromatic rings. The van der Waals surface area contributed by atoms with Crippen LogP contribution in [0.15, 0.2) is 48.6 Å². The van der Waals surface area contributed by atoms with E-state index in [1.807, 2.05) is 0 Å². The first kappa shape index (κ1) is 91.0. The van der Waals surface area contributed by atoms with Gasteiger partial charge in [-0.3, -0.25) is 37.3 Å². The number of carbonyl (C=O) groups excluding carboxylic acids is 4. The van der Waals surface area contributed by atoms with Gasteiger partial charge in [-0.2, -0.15) is 0 Å². The van der Waals surface area contributed by atoms with E-state index in [0.717, 1.165) is 141 Å². The molecule has 17 nitrogen and oxygen atoms in total. The van der Waals surface area contributed by atoms with Crippen molar-refractivity contribution in [3.63, 3.8) is 0 Å². The molecular formula is C75H138O17P2. The Morgan fingerprint density at radius 1 is 0.298 bits per heavy atom. The Morgan fingerprint density at radius 3 is 0.809 bits per heavy atom. The van der Waals surface area contributed by atoms with Crippen molar-refractivity contribution in [2.24, 2.45) is 0 Å². The lowest BCUT2D eigenvalue weighted by Gasteiger charge is -2.21. The third-order valence-corrected chi connectivity index (χ3v) is 18.2. The number of aliphatic hydroxyl groups is 1. The summed E-state index contributed by atoms with van der Waals surface area (Å²) in [5.41, 5.74) is 0. The van der Waals surface area contributed by atoms with E-state index >= 15 is 0 Å². The number of unbranched alkanes of at least 4 members (excludes halogenated alkanes) is 39. The van der Waals surface area contributed by atoms with E-state index < -0.39 is 97.5 Å². The molecule has 19 heteroatoms. The standard InChI is InChI=1S/C75H138O17P2/c1-5-9-13-17-21-25-29-33-34-38-40-44-48-52-56-60-73(78)86-66-71(92-75(80)62-58-54-50-46-42-37-32-28-24-20-16-12-8-4)68-90-94(83,84)88-64-69(76)63-87-93(81,82)89-67-70(91-74(79)61-57-53-49-45-41-36-31-27-23-19-15-11-7-3)65-85-72(77)59-55-51-47-43-39-35-30-26-22-18-14-10-6-2/h25-26,28-30,32-34,69-71,76H,5-24,27,31,35-68H2,1-4H3,(H,81,82)(H,83,84)/b29-25-,30-26-,32-28-,34-33-/t69-,70+,71+/m0/s1. The summed E-state index contributed by atoms with van der Waals surface area (Å²) in [6.07, 6.45) is 63.8. The highest BCUT2D eigenvalue weighted by Crippen LogP contribution is 2.45. The zero-order valence-corrected chi connectivity index (χ0v) is 61.7. The normalized spacial score (nSPS) is 14.2. The highest BCUT2D eigenvalue weighted by molar-refractivity contribution is 7.47. The predicted molar refractivity (Wildman–Crippen MR) is 381 cm³/mol. The molecule has 0 aromatic heterocycles. The van der Waals surface area contributed by atoms with Gasteiger partial charge in [0.2, 0.25) is 0 Å². The van der Waals surface area contributed by atoms with Gasteiger partial charge in [-0.25, -0.2) is 9.13 Å². The average Bonchev–Trinajstić information content (AvgIpc) is 1.67. The number of phosphoric ester groups is 2. The zero-order chi connectivity index (χ0) is 69.0. The minimum atomic E-state index is -4.97. The summed E-state index contributed by atoms with van der Waals surface area (Å²) in [6.45, 7) is 4.84. The monoisotopic (exact) mass is 1370 g/mol. The van der Waals surface area contributed by atoms with Crippen LogP contribution in [0.3, 0.4) is 0 Å². The van der Waals surface area contributed by atoms with Crippen molar-refractivity contribution in [3.8, 4) is 0 Å². The first-order chi connectivity index (χ1) is 45.7. The lowest BCUT2D eigenvalue weighted by Crippen LogP contribution is -2.30. The molecule has 0 aromatic carbocycles. The molecule has 0 saturated carbocycles. The Hall–Kier alpha value is -2.98. The SMILES string of the molecule is CCCCCC/C=C\C=C/CCCCCCCC(=O)OC[C@H](COP(=O)(O)OC[C@@H](O)COP(=O)(O)OC[C@@H](COC(=O)CCCCCCC/C=C\CCCCCC)OC(=O)CCCCCCCCCCCCCCC)OC(=O)CCCCCCC/C=C\CCCCCC. The van der Waals surface area contributed by atoms with Gasteiger partial charge in [0.15, 0.2) is 12.2 Å². The Bertz CT molecular complexity index is 1980. The van der Waals surface area contributed by atoms with E-state index in [4.69, 9.17) is 37.0 Å². The fourth-order valence-electron chi connectivity index (χ4n) is 10.4. The smallest absolute Gasteiger partial charge is 0.462 e. The van der Waals surface area contributed by atoms with Gasteiger partial charge in [-0.15, -0.1) is 0 Å². The Kier molecular flexibility index (Phi) is 66.4. The number of esters is 4. The van der Waals surface area contributed by atoms with Gasteiger partial charge in [-0.05, 0) is 103 Å². The Balaban J connectivity index is 5.32. The quantitative estimate of drug-likeness (QED) is 0.0128. The summed E-state index contributed by atoms with van der Waals surface area (Å²) in [7, 11) is -9.93. The van der Waals surface area contributed by atoms with Crippen LogP contribution in [0.5, 0.6) is 0 Å². The van der Waals surface area contributed by atoms with Gasteiger partial charge in [0, 0.05) is 25.7 Å². The van der Waals surface area contributed by atoms with E-state index in [1.165, 1.54) is 128 Å². The van der Waals surface area contributed by atoms with Crippen molar-refractivity contribution in [2.75, 3.05) is 39.6 Å². The second kappa shape index (κ2) is 68.5. The number of hydrogen-bond donors (Lipinski definition) is 3. The van der Waals surface area contributed by atoms with Gasteiger partial charge >= 0.3 is 39.5 Å². The number of aliphatic hydroxyl groups excluding tert-OH is 1. The number of rotatable bonds is 72. The summed E-state index contributed by atoms with van der Waals surface area (Å²) >= 11 is 0. The third kappa shape index (κ3) is 67.6. The highest BCUT2D eigenvalue weighted by atomic mass is 31.2. The van der Waals surface area contributed by atoms with Gasteiger partial charge in [-0.1, -0.05) is 269 Å². The molecule has 94 heavy (non-hydrogen) atoms. The second-order valence-electron chi connectivity index (χ2n) is 25.6. The molecule has 0 saturated heterocycles. The maximum absolute atomic E-state index is 13.0. The summed E-state index contributed by atoms with van der Waals surface area (Å²) < 4.78 is 68.4. The lowest BCUT2D eigenvalue weighted by atomic mass is 10.0. The van der Waals surface area contributed by atoms with Crippen molar-refractivity contribution in [1.82, 2.24) is 0 Å². The topological polar surface area (TPSA) is 237 Å². The molecule has 5 atom stereocenters. The van der Waals surface area contributed by atoms with Gasteiger partial charge in [0.25, 0.3) is 0 Å². The fraction of sp³-hybridized carbons (Fsp3) is 0.840. The molecule has 0 fully saturated rings. The number of allylic oxidation sites excluding steroid dienone is 8. The van der Waals surface area contributed by atoms with Crippen LogP contribution in [-0.2, 0) is 65.4 Å². The van der Waals surface area contributed by atoms with Crippen molar-refractivity contribution in [3.05, 3.63) is 48.6 Å². The molecule has 0 aliphatic carbocycles. The molecule has 0 radical (unpaired) electrons. The molecule has 0 aliphatic heterocycles. The van der Waals surface area contributed by atoms with E-state index in [1.54, 1.807) is 0 Å². The van der Waals surface area contributed by atoms with Crippen LogP contribution < -0.4 is 0 Å². The lowest BCUT2D eigenvalue weighted by molar-refractivity contribution is -0.161. The minimum Gasteiger partial charge on any atom is -0.462 e. The first-order valence-corrected chi connectivity index (χ1v) is 40.9. The maximum Gasteiger partial charge on any atom is 0.472 e. The van der Waals surface area contributed by atoms with Gasteiger partial charge in [0.05, 0.1) is 26.4 Å². The molecule has 3 N–H and O–H groups in total. The molecule has 0 amide bonds. The van der Waals surface area contributed by atoms with E-state index in [0.29, 0.717) is 25.7 Å². The molecule has 550 valence electrons. The van der Waals surface area contributed by atoms with Gasteiger partial charge < -0.3 is 33.8 Å². The van der Waals surface area contributed by atoms with E-state index in [-0.39, 0.29) is 25.7 Å². The fourth-order valence-corrected chi connectivity index (χ4v) is 12.0. The second-order valence-corrected chi connectivity index (χ2v) is 28.5. The summed E-state index contributed by atoms with van der Waals surface area (Å²) in [6, 6.07) is 0. The Labute approximate surface area is 572 Å². The van der Waals surface area contributed by atoms with Crippen LogP contribution in [0.4, 0.5) is 0 Å². The molecule has 0 rings (SSSR count). The number of ether oxygens (including phenoxy) is 4. The van der Waals surface area contributed by atoms with Crippen molar-refractivity contribution >= 4 is 39.5 Å². The zero-order valence-electron chi connectivity index (χ0n) is 59.9. The van der Waals surface area contributed by atoms with E-state index in [2.05, 4.69) is 76.3 Å². The average molecular weight is 1370 g/mol. The van der Waals surface area contributed by atoms with Crippen LogP contribution >= 0.6 is 15.6 Å². The third-order valence-electron chi connectivity index (χ3n) is 16.3. The number of hydrogen-bond acceptors (Lipinski definition) is 15. The Morgan fingerprint density at radius 2 is 0.521 bits per heavy atom. The largest absolute Gasteiger partial charge is 0.472 e. The summed E-state index contributed by atoms with van der Waals surface area (Å²) in [5.74, 6) is -2.18. The number of carbonyl (C=O) groups is 4. The van der Waals surface area contributed by atoms with Crippen molar-refractivity contribution in [1.29, 1.82) is 0 Å². The molecular weight excluding hydrogens is 1230 g/mol. The van der Waals surface area contributed by atoms with Crippen LogP contribution in [0.2, 0.25) is 0 Å². The van der Waals surface area contributed by atoms with Gasteiger partial charge in [0.1, 0.15) is 19.3 Å². The predicted octanol–water partition coefficient (Wildman–Crippen LogP) is 21.3. The molecule has 0 spiro atoms. The van der Waals surface area contributed by atoms with Crippen molar-refractivity contribution < 1.29 is 80.2 Å². The molecule has 0 heterocycles. The van der Waals surface area contributed by atoms with Crippen LogP contribution in [0.25, 0.3) is 0 Å². The maximum atomic E-state index is 13.0. The number of phosphoric acid groups is 2. The first-order valence-electron chi connectivity index (χ1n) is 37.9. The molecule has 0 aliphatic rings. The van der Waals surface area contributed by atoms with E-state index in [9.17, 15) is 43.2 Å². The van der Waals surface area contributed by atoms with Crippen LogP contribution in [0, 0.1) is 0 Å². The highest BCUT2D eigenvalue weighted by Gasteiger charge is 2.30. The molecule has 0 bridgehead atoms.